The van der Waals surface area contributed by atoms with Gasteiger partial charge in [0.05, 0.1) is 6.21 Å². The number of aromatic hydroxyl groups is 1. The van der Waals surface area contributed by atoms with Gasteiger partial charge < -0.3 is 9.84 Å². The second kappa shape index (κ2) is 9.66. The Labute approximate surface area is 167 Å². The van der Waals surface area contributed by atoms with Crippen molar-refractivity contribution in [1.82, 2.24) is 5.43 Å². The molecule has 1 amide bonds. The van der Waals surface area contributed by atoms with Crippen LogP contribution in [0.1, 0.15) is 21.5 Å². The molecule has 6 nitrogen and oxygen atoms in total. The number of hydrogen-bond acceptors (Lipinski definition) is 5. The molecule has 0 bridgehead atoms. The number of benzene rings is 3. The third-order valence-corrected chi connectivity index (χ3v) is 3.82. The minimum atomic E-state index is -0.476. The molecule has 0 unspecified atom stereocenters. The Morgan fingerprint density at radius 2 is 1.55 bits per heavy atom. The van der Waals surface area contributed by atoms with E-state index in [1.54, 1.807) is 30.3 Å². The van der Waals surface area contributed by atoms with Crippen LogP contribution in [-0.4, -0.2) is 23.2 Å². The summed E-state index contributed by atoms with van der Waals surface area (Å²) in [4.78, 5) is 23.8. The van der Waals surface area contributed by atoms with Gasteiger partial charge in [0.2, 0.25) is 0 Å². The first-order valence-electron chi connectivity index (χ1n) is 8.77. The van der Waals surface area contributed by atoms with Crippen molar-refractivity contribution in [2.45, 2.75) is 0 Å². The van der Waals surface area contributed by atoms with Gasteiger partial charge in [0.15, 0.2) is 0 Å². The molecule has 0 aliphatic carbocycles. The zero-order valence-corrected chi connectivity index (χ0v) is 15.4. The average molecular weight is 386 g/mol. The summed E-state index contributed by atoms with van der Waals surface area (Å²) < 4.78 is 5.24. The number of esters is 1. The molecule has 0 heterocycles. The summed E-state index contributed by atoms with van der Waals surface area (Å²) in [6, 6.07) is 22.0. The summed E-state index contributed by atoms with van der Waals surface area (Å²) in [5.74, 6) is -0.382. The number of nitrogens with zero attached hydrogens (tertiary/aromatic N) is 1. The third-order valence-electron chi connectivity index (χ3n) is 3.82. The second-order valence-electron chi connectivity index (χ2n) is 5.98. The van der Waals surface area contributed by atoms with Gasteiger partial charge in [0.1, 0.15) is 11.5 Å². The number of carbonyl (C=O) groups excluding carboxylic acids is 2. The second-order valence-corrected chi connectivity index (χ2v) is 5.98. The molecular formula is C23H18N2O4. The zero-order valence-electron chi connectivity index (χ0n) is 15.4. The molecule has 0 saturated carbocycles. The molecule has 3 rings (SSSR count). The van der Waals surface area contributed by atoms with Crippen molar-refractivity contribution < 1.29 is 19.4 Å². The van der Waals surface area contributed by atoms with E-state index in [4.69, 9.17) is 4.74 Å². The van der Waals surface area contributed by atoms with Crippen molar-refractivity contribution in [2.24, 2.45) is 5.10 Å². The first-order valence-corrected chi connectivity index (χ1v) is 8.77. The molecule has 2 N–H and O–H groups in total. The Bertz CT molecular complexity index is 1020. The van der Waals surface area contributed by atoms with E-state index in [0.717, 1.165) is 11.1 Å². The molecule has 6 heteroatoms. The maximum atomic E-state index is 11.9. The van der Waals surface area contributed by atoms with Crippen LogP contribution >= 0.6 is 0 Å². The highest BCUT2D eigenvalue weighted by Gasteiger charge is 2.03. The highest BCUT2D eigenvalue weighted by molar-refractivity contribution is 5.95. The van der Waals surface area contributed by atoms with E-state index in [-0.39, 0.29) is 5.75 Å². The lowest BCUT2D eigenvalue weighted by atomic mass is 10.2. The van der Waals surface area contributed by atoms with Gasteiger partial charge >= 0.3 is 5.97 Å². The Hall–Kier alpha value is -4.19. The summed E-state index contributed by atoms with van der Waals surface area (Å²) in [6.45, 7) is 0. The monoisotopic (exact) mass is 386 g/mol. The Morgan fingerprint density at radius 1 is 0.862 bits per heavy atom. The molecule has 0 fully saturated rings. The van der Waals surface area contributed by atoms with Crippen LogP contribution in [0.25, 0.3) is 6.08 Å². The van der Waals surface area contributed by atoms with Gasteiger partial charge in [0.25, 0.3) is 5.91 Å². The predicted octanol–water partition coefficient (Wildman–Crippen LogP) is 3.77. The Balaban J connectivity index is 1.51. The van der Waals surface area contributed by atoms with Crippen LogP contribution in [0.3, 0.4) is 0 Å². The van der Waals surface area contributed by atoms with Crippen molar-refractivity contribution in [3.05, 3.63) is 102 Å². The minimum Gasteiger partial charge on any atom is -0.508 e. The van der Waals surface area contributed by atoms with Crippen molar-refractivity contribution in [3.8, 4) is 11.5 Å². The fourth-order valence-electron chi connectivity index (χ4n) is 2.34. The normalized spacial score (nSPS) is 10.9. The van der Waals surface area contributed by atoms with Gasteiger partial charge in [-0.05, 0) is 65.7 Å². The first kappa shape index (κ1) is 19.6. The number of phenolic OH excluding ortho intramolecular Hbond substituents is 1. The predicted molar refractivity (Wildman–Crippen MR) is 111 cm³/mol. The van der Waals surface area contributed by atoms with Gasteiger partial charge in [0, 0.05) is 11.6 Å². The number of ether oxygens (including phenoxy) is 1. The molecule has 29 heavy (non-hydrogen) atoms. The van der Waals surface area contributed by atoms with E-state index in [2.05, 4.69) is 10.5 Å². The molecule has 0 radical (unpaired) electrons. The number of rotatable bonds is 6. The summed E-state index contributed by atoms with van der Waals surface area (Å²) in [5, 5.41) is 13.1. The zero-order chi connectivity index (χ0) is 20.5. The maximum absolute atomic E-state index is 11.9. The van der Waals surface area contributed by atoms with Crippen LogP contribution < -0.4 is 10.2 Å². The molecule has 0 atom stereocenters. The fraction of sp³-hybridized carbons (Fsp3) is 0. The highest BCUT2D eigenvalue weighted by Crippen LogP contribution is 2.12. The van der Waals surface area contributed by atoms with Crippen LogP contribution in [0.15, 0.2) is 90.0 Å². The third kappa shape index (κ3) is 6.18. The number of carbonyl (C=O) groups is 2. The average Bonchev–Trinajstić information content (AvgIpc) is 2.75. The number of hydrazone groups is 1. The van der Waals surface area contributed by atoms with Crippen molar-refractivity contribution in [2.75, 3.05) is 0 Å². The lowest BCUT2D eigenvalue weighted by Gasteiger charge is -2.02. The van der Waals surface area contributed by atoms with E-state index in [1.165, 1.54) is 36.6 Å². The van der Waals surface area contributed by atoms with Crippen LogP contribution in [0.5, 0.6) is 11.5 Å². The van der Waals surface area contributed by atoms with Gasteiger partial charge in [-0.2, -0.15) is 5.10 Å². The van der Waals surface area contributed by atoms with Gasteiger partial charge in [-0.3, -0.25) is 4.79 Å². The molecule has 0 saturated heterocycles. The van der Waals surface area contributed by atoms with Gasteiger partial charge in [-0.1, -0.05) is 30.3 Å². The highest BCUT2D eigenvalue weighted by atomic mass is 16.5. The molecule has 0 spiro atoms. The smallest absolute Gasteiger partial charge is 0.336 e. The Kier molecular flexibility index (Phi) is 6.52. The van der Waals surface area contributed by atoms with E-state index >= 15 is 0 Å². The minimum absolute atomic E-state index is 0.0846. The number of amides is 1. The van der Waals surface area contributed by atoms with Crippen molar-refractivity contribution in [3.63, 3.8) is 0 Å². The Morgan fingerprint density at radius 3 is 2.24 bits per heavy atom. The molecule has 144 valence electrons. The molecule has 0 aromatic heterocycles. The lowest BCUT2D eigenvalue weighted by molar-refractivity contribution is -0.128. The molecule has 0 aliphatic heterocycles. The summed E-state index contributed by atoms with van der Waals surface area (Å²) in [5.41, 5.74) is 4.41. The number of hydrogen-bond donors (Lipinski definition) is 2. The number of nitrogens with one attached hydrogen (secondary N) is 1. The van der Waals surface area contributed by atoms with Crippen molar-refractivity contribution >= 4 is 24.2 Å². The molecular weight excluding hydrogens is 368 g/mol. The lowest BCUT2D eigenvalue weighted by Crippen LogP contribution is -2.17. The summed E-state index contributed by atoms with van der Waals surface area (Å²) in [7, 11) is 0. The summed E-state index contributed by atoms with van der Waals surface area (Å²) in [6.07, 6.45) is 4.52. The molecule has 3 aromatic rings. The SMILES string of the molecule is O=C(C=Cc1ccccc1)Oc1ccc(C=NNC(=O)c2ccc(O)cc2)cc1. The van der Waals surface area contributed by atoms with Crippen LogP contribution in [0.4, 0.5) is 0 Å². The van der Waals surface area contributed by atoms with E-state index in [1.807, 2.05) is 30.3 Å². The number of phenols is 1. The van der Waals surface area contributed by atoms with Crippen LogP contribution in [0.2, 0.25) is 0 Å². The van der Waals surface area contributed by atoms with E-state index < -0.39 is 11.9 Å². The van der Waals surface area contributed by atoms with Gasteiger partial charge in [-0.25, -0.2) is 10.2 Å². The quantitative estimate of drug-likeness (QED) is 0.222. The molecule has 0 aliphatic rings. The van der Waals surface area contributed by atoms with E-state index in [9.17, 15) is 14.7 Å². The molecule has 3 aromatic carbocycles. The largest absolute Gasteiger partial charge is 0.508 e. The first-order chi connectivity index (χ1) is 14.1. The van der Waals surface area contributed by atoms with Gasteiger partial charge in [-0.15, -0.1) is 0 Å². The summed E-state index contributed by atoms with van der Waals surface area (Å²) >= 11 is 0. The fourth-order valence-corrected chi connectivity index (χ4v) is 2.34. The maximum Gasteiger partial charge on any atom is 0.336 e. The van der Waals surface area contributed by atoms with Crippen molar-refractivity contribution in [1.29, 1.82) is 0 Å². The topological polar surface area (TPSA) is 88.0 Å². The van der Waals surface area contributed by atoms with E-state index in [0.29, 0.717) is 11.3 Å². The van der Waals surface area contributed by atoms with Crippen LogP contribution in [-0.2, 0) is 4.79 Å². The van der Waals surface area contributed by atoms with Crippen LogP contribution in [0, 0.1) is 0 Å². The standard InChI is InChI=1S/C23H18N2O4/c26-20-11-9-19(10-12-20)23(28)25-24-16-18-6-13-21(14-7-18)29-22(27)15-8-17-4-2-1-3-5-17/h1-16,26H,(H,25,28).